The van der Waals surface area contributed by atoms with Crippen molar-refractivity contribution >= 4 is 23.4 Å². The van der Waals surface area contributed by atoms with Crippen molar-refractivity contribution in [3.8, 4) is 0 Å². The first-order valence-corrected chi connectivity index (χ1v) is 10.6. The molecular formula is C21H19N5O3S. The summed E-state index contributed by atoms with van der Waals surface area (Å²) in [6.07, 6.45) is 0.896. The summed E-state index contributed by atoms with van der Waals surface area (Å²) in [5, 5.41) is 15.5. The Hall–Kier alpha value is -3.04. The van der Waals surface area contributed by atoms with Crippen molar-refractivity contribution < 1.29 is 9.72 Å². The maximum atomic E-state index is 13.2. The molecule has 2 atom stereocenters. The fourth-order valence-corrected chi connectivity index (χ4v) is 5.53. The average Bonchev–Trinajstić information content (AvgIpc) is 3.26. The topological polar surface area (TPSA) is 94.2 Å². The summed E-state index contributed by atoms with van der Waals surface area (Å²) in [6, 6.07) is 14.6. The first kappa shape index (κ1) is 19.0. The standard InChI is InChI=1S/C21H19N5O3S/c1-13-22-21-25(23-13)20(27)19(30-21)18(15-6-8-17(9-7-15)26(28)29)24-11-10-14-4-2-3-5-16(14)12-24/h2-9,18-19H,10-12H2,1H3. The summed E-state index contributed by atoms with van der Waals surface area (Å²) in [5.41, 5.74) is 3.50. The van der Waals surface area contributed by atoms with Crippen molar-refractivity contribution in [2.75, 3.05) is 6.54 Å². The molecule has 0 fully saturated rings. The van der Waals surface area contributed by atoms with Gasteiger partial charge >= 0.3 is 0 Å². The number of carbonyl (C=O) groups excluding carboxylic acids is 1. The normalized spacial score (nSPS) is 19.4. The minimum atomic E-state index is -0.410. The Morgan fingerprint density at radius 2 is 1.90 bits per heavy atom. The van der Waals surface area contributed by atoms with Gasteiger partial charge in [0.1, 0.15) is 11.1 Å². The first-order chi connectivity index (χ1) is 14.5. The van der Waals surface area contributed by atoms with E-state index in [1.165, 1.54) is 39.7 Å². The zero-order valence-corrected chi connectivity index (χ0v) is 17.1. The number of aryl methyl sites for hydroxylation is 1. The summed E-state index contributed by atoms with van der Waals surface area (Å²) < 4.78 is 1.39. The van der Waals surface area contributed by atoms with Crippen LogP contribution in [0.3, 0.4) is 0 Å². The lowest BCUT2D eigenvalue weighted by Crippen LogP contribution is -2.41. The predicted octanol–water partition coefficient (Wildman–Crippen LogP) is 3.41. The Kier molecular flexibility index (Phi) is 4.63. The van der Waals surface area contributed by atoms with Gasteiger partial charge in [0.05, 0.1) is 11.0 Å². The fourth-order valence-electron chi connectivity index (χ4n) is 4.22. The van der Waals surface area contributed by atoms with Gasteiger partial charge in [0.25, 0.3) is 11.6 Å². The molecule has 2 aromatic carbocycles. The molecule has 0 saturated heterocycles. The van der Waals surface area contributed by atoms with E-state index in [-0.39, 0.29) is 17.6 Å². The molecule has 0 aliphatic carbocycles. The number of nitro groups is 1. The molecule has 30 heavy (non-hydrogen) atoms. The van der Waals surface area contributed by atoms with Crippen molar-refractivity contribution in [1.29, 1.82) is 0 Å². The van der Waals surface area contributed by atoms with Crippen LogP contribution >= 0.6 is 11.8 Å². The maximum Gasteiger partial charge on any atom is 0.269 e. The molecule has 2 unspecified atom stereocenters. The minimum absolute atomic E-state index is 0.0390. The molecule has 1 aromatic heterocycles. The minimum Gasteiger partial charge on any atom is -0.290 e. The average molecular weight is 421 g/mol. The highest BCUT2D eigenvalue weighted by Gasteiger charge is 2.43. The second kappa shape index (κ2) is 7.33. The van der Waals surface area contributed by atoms with Crippen molar-refractivity contribution in [3.05, 3.63) is 81.2 Å². The Morgan fingerprint density at radius 1 is 1.17 bits per heavy atom. The summed E-state index contributed by atoms with van der Waals surface area (Å²) in [5.74, 6) is 0.473. The number of nitro benzene ring substituents is 1. The SMILES string of the molecule is Cc1nc2n(n1)C(=O)C(C(c1ccc([N+](=O)[O-])cc1)N1CCc3ccccc3C1)S2. The van der Waals surface area contributed by atoms with E-state index in [0.717, 1.165) is 25.1 Å². The van der Waals surface area contributed by atoms with Crippen LogP contribution in [0.1, 0.15) is 33.4 Å². The molecule has 3 aromatic rings. The number of nitrogens with zero attached hydrogens (tertiary/aromatic N) is 5. The Morgan fingerprint density at radius 3 is 2.60 bits per heavy atom. The molecule has 2 aliphatic rings. The number of rotatable bonds is 4. The fraction of sp³-hybridized carbons (Fsp3) is 0.286. The molecule has 2 aliphatic heterocycles. The van der Waals surface area contributed by atoms with Crippen LogP contribution in [0.4, 0.5) is 5.69 Å². The van der Waals surface area contributed by atoms with Gasteiger partial charge < -0.3 is 0 Å². The molecule has 0 radical (unpaired) electrons. The molecule has 0 bridgehead atoms. The Labute approximate surface area is 177 Å². The molecule has 0 spiro atoms. The van der Waals surface area contributed by atoms with Gasteiger partial charge in [-0.1, -0.05) is 48.2 Å². The summed E-state index contributed by atoms with van der Waals surface area (Å²) in [6.45, 7) is 3.29. The third-order valence-electron chi connectivity index (χ3n) is 5.65. The van der Waals surface area contributed by atoms with Crippen LogP contribution < -0.4 is 0 Å². The second-order valence-electron chi connectivity index (χ2n) is 7.51. The highest BCUT2D eigenvalue weighted by atomic mass is 32.2. The monoisotopic (exact) mass is 421 g/mol. The van der Waals surface area contributed by atoms with E-state index in [9.17, 15) is 14.9 Å². The van der Waals surface area contributed by atoms with E-state index in [0.29, 0.717) is 11.0 Å². The number of non-ortho nitro benzene ring substituents is 1. The van der Waals surface area contributed by atoms with E-state index in [2.05, 4.69) is 27.1 Å². The third kappa shape index (κ3) is 3.20. The summed E-state index contributed by atoms with van der Waals surface area (Å²) in [7, 11) is 0. The number of fused-ring (bicyclic) bond motifs is 2. The smallest absolute Gasteiger partial charge is 0.269 e. The van der Waals surface area contributed by atoms with Crippen LogP contribution in [-0.2, 0) is 13.0 Å². The molecule has 0 N–H and O–H groups in total. The second-order valence-corrected chi connectivity index (χ2v) is 8.62. The lowest BCUT2D eigenvalue weighted by atomic mass is 9.94. The number of thioether (sulfide) groups is 1. The van der Waals surface area contributed by atoms with E-state index in [1.54, 1.807) is 19.1 Å². The van der Waals surface area contributed by atoms with Gasteiger partial charge in [0.2, 0.25) is 0 Å². The predicted molar refractivity (Wildman–Crippen MR) is 111 cm³/mol. The van der Waals surface area contributed by atoms with Crippen molar-refractivity contribution in [2.24, 2.45) is 0 Å². The van der Waals surface area contributed by atoms with Gasteiger partial charge in [-0.3, -0.25) is 19.8 Å². The van der Waals surface area contributed by atoms with Crippen LogP contribution in [0, 0.1) is 17.0 Å². The van der Waals surface area contributed by atoms with E-state index in [4.69, 9.17) is 0 Å². The summed E-state index contributed by atoms with van der Waals surface area (Å²) >= 11 is 1.42. The van der Waals surface area contributed by atoms with Gasteiger partial charge in [0.15, 0.2) is 5.16 Å². The van der Waals surface area contributed by atoms with Gasteiger partial charge in [-0.25, -0.2) is 4.98 Å². The molecule has 0 saturated carbocycles. The van der Waals surface area contributed by atoms with Gasteiger partial charge in [-0.2, -0.15) is 4.68 Å². The van der Waals surface area contributed by atoms with E-state index >= 15 is 0 Å². The van der Waals surface area contributed by atoms with Crippen LogP contribution in [0.5, 0.6) is 0 Å². The largest absolute Gasteiger partial charge is 0.290 e. The lowest BCUT2D eigenvalue weighted by molar-refractivity contribution is -0.384. The molecule has 3 heterocycles. The number of hydrogen-bond donors (Lipinski definition) is 0. The highest BCUT2D eigenvalue weighted by molar-refractivity contribution is 8.00. The van der Waals surface area contributed by atoms with Crippen LogP contribution in [0.2, 0.25) is 0 Å². The molecule has 152 valence electrons. The van der Waals surface area contributed by atoms with Crippen molar-refractivity contribution in [1.82, 2.24) is 19.7 Å². The zero-order valence-electron chi connectivity index (χ0n) is 16.3. The number of benzene rings is 2. The van der Waals surface area contributed by atoms with Crippen LogP contribution in [0.25, 0.3) is 0 Å². The van der Waals surface area contributed by atoms with Crippen LogP contribution in [-0.4, -0.2) is 42.3 Å². The lowest BCUT2D eigenvalue weighted by Gasteiger charge is -2.37. The van der Waals surface area contributed by atoms with Gasteiger partial charge in [-0.05, 0) is 30.0 Å². The van der Waals surface area contributed by atoms with Crippen molar-refractivity contribution in [3.63, 3.8) is 0 Å². The van der Waals surface area contributed by atoms with Crippen LogP contribution in [0.15, 0.2) is 53.7 Å². The quantitative estimate of drug-likeness (QED) is 0.471. The molecular weight excluding hydrogens is 402 g/mol. The summed E-state index contributed by atoms with van der Waals surface area (Å²) in [4.78, 5) is 30.5. The molecule has 9 heteroatoms. The zero-order chi connectivity index (χ0) is 20.8. The maximum absolute atomic E-state index is 13.2. The van der Waals surface area contributed by atoms with E-state index < -0.39 is 10.2 Å². The van der Waals surface area contributed by atoms with Crippen molar-refractivity contribution in [2.45, 2.75) is 36.3 Å². The molecule has 8 nitrogen and oxygen atoms in total. The number of aromatic nitrogens is 3. The Balaban J connectivity index is 1.52. The van der Waals surface area contributed by atoms with Gasteiger partial charge in [0, 0.05) is 25.2 Å². The number of hydrogen-bond acceptors (Lipinski definition) is 7. The molecule has 5 rings (SSSR count). The molecule has 0 amide bonds. The third-order valence-corrected chi connectivity index (χ3v) is 6.84. The Bertz CT molecular complexity index is 1140. The highest BCUT2D eigenvalue weighted by Crippen LogP contribution is 2.42. The van der Waals surface area contributed by atoms with E-state index in [1.807, 2.05) is 12.1 Å². The first-order valence-electron chi connectivity index (χ1n) is 9.71. The number of carbonyl (C=O) groups is 1. The van der Waals surface area contributed by atoms with Gasteiger partial charge in [-0.15, -0.1) is 5.10 Å².